The van der Waals surface area contributed by atoms with Crippen LogP contribution in [-0.2, 0) is 14.3 Å². The number of rotatable bonds is 7. The van der Waals surface area contributed by atoms with Crippen molar-refractivity contribution in [2.45, 2.75) is 31.7 Å². The van der Waals surface area contributed by atoms with Gasteiger partial charge in [-0.1, -0.05) is 48.5 Å². The molecule has 7 nitrogen and oxygen atoms in total. The Labute approximate surface area is 181 Å². The van der Waals surface area contributed by atoms with Crippen molar-refractivity contribution in [2.75, 3.05) is 19.7 Å². The maximum absolute atomic E-state index is 12.3. The fourth-order valence-corrected chi connectivity index (χ4v) is 4.43. The fourth-order valence-electron chi connectivity index (χ4n) is 4.43. The molecule has 1 atom stereocenters. The molecule has 2 aliphatic rings. The first kappa shape index (κ1) is 20.9. The minimum absolute atomic E-state index is 0.0117. The van der Waals surface area contributed by atoms with Gasteiger partial charge >= 0.3 is 12.1 Å². The van der Waals surface area contributed by atoms with Crippen molar-refractivity contribution in [1.82, 2.24) is 10.2 Å². The van der Waals surface area contributed by atoms with Crippen molar-refractivity contribution in [3.8, 4) is 11.1 Å². The molecule has 0 radical (unpaired) electrons. The quantitative estimate of drug-likeness (QED) is 0.714. The first-order chi connectivity index (χ1) is 14.9. The molecule has 2 aromatic carbocycles. The molecule has 2 amide bonds. The van der Waals surface area contributed by atoms with Crippen LogP contribution in [-0.4, -0.2) is 53.7 Å². The maximum atomic E-state index is 12.3. The highest BCUT2D eigenvalue weighted by molar-refractivity contribution is 5.80. The van der Waals surface area contributed by atoms with Crippen molar-refractivity contribution in [1.29, 1.82) is 0 Å². The molecule has 1 fully saturated rings. The van der Waals surface area contributed by atoms with Gasteiger partial charge in [0.05, 0.1) is 6.42 Å². The van der Waals surface area contributed by atoms with Crippen LogP contribution < -0.4 is 5.32 Å². The molecule has 2 aromatic rings. The number of carbonyl (C=O) groups excluding carboxylic acids is 2. The molecule has 1 saturated heterocycles. The summed E-state index contributed by atoms with van der Waals surface area (Å²) in [6, 6.07) is 15.9. The van der Waals surface area contributed by atoms with Crippen LogP contribution in [0, 0.1) is 5.92 Å². The van der Waals surface area contributed by atoms with E-state index in [1.54, 1.807) is 11.8 Å². The normalized spacial score (nSPS) is 16.1. The van der Waals surface area contributed by atoms with Gasteiger partial charge in [-0.25, -0.2) is 4.79 Å². The van der Waals surface area contributed by atoms with Crippen LogP contribution in [0.5, 0.6) is 0 Å². The summed E-state index contributed by atoms with van der Waals surface area (Å²) < 4.78 is 5.51. The lowest BCUT2D eigenvalue weighted by Crippen LogP contribution is -2.52. The zero-order chi connectivity index (χ0) is 22.0. The summed E-state index contributed by atoms with van der Waals surface area (Å²) in [5.74, 6) is -0.926. The molecule has 0 aromatic heterocycles. The number of amides is 2. The van der Waals surface area contributed by atoms with Gasteiger partial charge in [0.25, 0.3) is 0 Å². The van der Waals surface area contributed by atoms with E-state index in [1.807, 2.05) is 24.3 Å². The van der Waals surface area contributed by atoms with Gasteiger partial charge in [0.2, 0.25) is 5.91 Å². The molecule has 1 aliphatic heterocycles. The summed E-state index contributed by atoms with van der Waals surface area (Å²) in [4.78, 5) is 36.9. The number of alkyl carbamates (subject to hydrolysis) is 1. The van der Waals surface area contributed by atoms with E-state index < -0.39 is 12.1 Å². The Morgan fingerprint density at radius 3 is 2.23 bits per heavy atom. The molecular weight excluding hydrogens is 396 g/mol. The standard InChI is InChI=1S/C24H26N2O5/c1-15(10-22(27)26-12-16(13-26)11-23(28)29)25-24(30)31-14-21-19-8-4-2-6-17(19)18-7-3-5-9-20(18)21/h2-9,15-16,21H,10-14H2,1H3,(H,25,30)(H,28,29)/t15-/m1/s1. The second-order valence-corrected chi connectivity index (χ2v) is 8.34. The van der Waals surface area contributed by atoms with Gasteiger partial charge in [-0.15, -0.1) is 0 Å². The van der Waals surface area contributed by atoms with Crippen LogP contribution in [0.3, 0.4) is 0 Å². The first-order valence-corrected chi connectivity index (χ1v) is 10.5. The molecule has 0 saturated carbocycles. The van der Waals surface area contributed by atoms with Crippen molar-refractivity contribution in [3.05, 3.63) is 59.7 Å². The van der Waals surface area contributed by atoms with Gasteiger partial charge in [-0.2, -0.15) is 0 Å². The Morgan fingerprint density at radius 2 is 1.65 bits per heavy atom. The van der Waals surface area contributed by atoms with E-state index in [1.165, 1.54) is 11.1 Å². The number of fused-ring (bicyclic) bond motifs is 3. The molecule has 0 bridgehead atoms. The lowest BCUT2D eigenvalue weighted by atomic mass is 9.95. The van der Waals surface area contributed by atoms with Gasteiger partial charge in [0, 0.05) is 37.4 Å². The zero-order valence-corrected chi connectivity index (χ0v) is 17.4. The van der Waals surface area contributed by atoms with E-state index in [0.717, 1.165) is 11.1 Å². The van der Waals surface area contributed by atoms with Gasteiger partial charge in [-0.3, -0.25) is 9.59 Å². The number of ether oxygens (including phenoxy) is 1. The summed E-state index contributed by atoms with van der Waals surface area (Å²) in [5, 5.41) is 11.5. The number of carbonyl (C=O) groups is 3. The number of benzene rings is 2. The highest BCUT2D eigenvalue weighted by Crippen LogP contribution is 2.44. The lowest BCUT2D eigenvalue weighted by molar-refractivity contribution is -0.145. The molecule has 1 heterocycles. The van der Waals surface area contributed by atoms with Crippen LogP contribution in [0.4, 0.5) is 4.79 Å². The number of nitrogens with one attached hydrogen (secondary N) is 1. The van der Waals surface area contributed by atoms with Crippen molar-refractivity contribution in [2.24, 2.45) is 5.92 Å². The topological polar surface area (TPSA) is 95.9 Å². The molecular formula is C24H26N2O5. The van der Waals surface area contributed by atoms with E-state index >= 15 is 0 Å². The zero-order valence-electron chi connectivity index (χ0n) is 17.4. The van der Waals surface area contributed by atoms with Crippen LogP contribution in [0.1, 0.15) is 36.8 Å². The SMILES string of the molecule is C[C@H](CC(=O)N1CC(CC(=O)O)C1)NC(=O)OCC1c2ccccc2-c2ccccc21. The summed E-state index contributed by atoms with van der Waals surface area (Å²) in [6.07, 6.45) is -0.309. The molecule has 0 unspecified atom stereocenters. The molecule has 162 valence electrons. The predicted molar refractivity (Wildman–Crippen MR) is 115 cm³/mol. The number of carboxylic acid groups (broad SMARTS) is 1. The average molecular weight is 422 g/mol. The molecule has 31 heavy (non-hydrogen) atoms. The van der Waals surface area contributed by atoms with E-state index in [-0.39, 0.29) is 43.2 Å². The Balaban J connectivity index is 1.26. The molecule has 0 spiro atoms. The lowest BCUT2D eigenvalue weighted by Gasteiger charge is -2.39. The third-order valence-electron chi connectivity index (χ3n) is 5.96. The summed E-state index contributed by atoms with van der Waals surface area (Å²) in [6.45, 7) is 2.91. The van der Waals surface area contributed by atoms with Crippen LogP contribution >= 0.6 is 0 Å². The maximum Gasteiger partial charge on any atom is 0.407 e. The summed E-state index contributed by atoms with van der Waals surface area (Å²) in [7, 11) is 0. The Bertz CT molecular complexity index is 953. The Morgan fingerprint density at radius 1 is 1.06 bits per heavy atom. The highest BCUT2D eigenvalue weighted by Gasteiger charge is 2.33. The number of carboxylic acids is 1. The number of nitrogens with zero attached hydrogens (tertiary/aromatic N) is 1. The van der Waals surface area contributed by atoms with E-state index in [0.29, 0.717) is 13.1 Å². The monoisotopic (exact) mass is 422 g/mol. The smallest absolute Gasteiger partial charge is 0.407 e. The second kappa shape index (κ2) is 8.79. The summed E-state index contributed by atoms with van der Waals surface area (Å²) >= 11 is 0. The Kier molecular flexibility index (Phi) is 5.93. The molecule has 7 heteroatoms. The molecule has 4 rings (SSSR count). The summed E-state index contributed by atoms with van der Waals surface area (Å²) in [5.41, 5.74) is 4.63. The third-order valence-corrected chi connectivity index (χ3v) is 5.96. The molecule has 1 aliphatic carbocycles. The largest absolute Gasteiger partial charge is 0.481 e. The van der Waals surface area contributed by atoms with E-state index in [2.05, 4.69) is 29.6 Å². The van der Waals surface area contributed by atoms with Gasteiger partial charge in [0.1, 0.15) is 6.61 Å². The minimum atomic E-state index is -0.845. The predicted octanol–water partition coefficient (Wildman–Crippen LogP) is 3.24. The van der Waals surface area contributed by atoms with Crippen LogP contribution in [0.2, 0.25) is 0 Å². The minimum Gasteiger partial charge on any atom is -0.481 e. The van der Waals surface area contributed by atoms with Gasteiger partial charge in [0.15, 0.2) is 0 Å². The number of hydrogen-bond acceptors (Lipinski definition) is 4. The third kappa shape index (κ3) is 4.55. The van der Waals surface area contributed by atoms with Crippen molar-refractivity contribution >= 4 is 18.0 Å². The number of hydrogen-bond donors (Lipinski definition) is 2. The number of aliphatic carboxylic acids is 1. The Hall–Kier alpha value is -3.35. The van der Waals surface area contributed by atoms with E-state index in [4.69, 9.17) is 9.84 Å². The van der Waals surface area contributed by atoms with E-state index in [9.17, 15) is 14.4 Å². The second-order valence-electron chi connectivity index (χ2n) is 8.34. The average Bonchev–Trinajstić information content (AvgIpc) is 3.02. The van der Waals surface area contributed by atoms with Crippen LogP contribution in [0.25, 0.3) is 11.1 Å². The van der Waals surface area contributed by atoms with Crippen molar-refractivity contribution < 1.29 is 24.2 Å². The fraction of sp³-hybridized carbons (Fsp3) is 0.375. The highest BCUT2D eigenvalue weighted by atomic mass is 16.5. The number of likely N-dealkylation sites (tertiary alicyclic amines) is 1. The first-order valence-electron chi connectivity index (χ1n) is 10.5. The van der Waals surface area contributed by atoms with Gasteiger partial charge in [-0.05, 0) is 29.2 Å². The van der Waals surface area contributed by atoms with Gasteiger partial charge < -0.3 is 20.1 Å². The van der Waals surface area contributed by atoms with Crippen molar-refractivity contribution in [3.63, 3.8) is 0 Å². The van der Waals surface area contributed by atoms with Crippen LogP contribution in [0.15, 0.2) is 48.5 Å². The molecule has 2 N–H and O–H groups in total.